The molecule has 0 amide bonds. The minimum absolute atomic E-state index is 0.0185. The van der Waals surface area contributed by atoms with E-state index in [1.807, 2.05) is 4.90 Å². The molecule has 0 radical (unpaired) electrons. The van der Waals surface area contributed by atoms with Crippen molar-refractivity contribution in [2.45, 2.75) is 25.9 Å². The standard InChI is InChI=1S/C36H25N3O6/c1-4-7-10-13-20-37(23-16-25-38(21-14-11-8-5-2)29-33-35(42)31(40)18-27-44-33)24-17-26-39(22-15-12-9-6-3)30-34-36(43)32(41)19-28-45-34/h1-3,18-19,27-28,42-43H,16-17,23-26,29-30H2. The molecule has 220 valence electrons. The number of nitrogens with zero attached hydrogens (tertiary/aromatic N) is 3. The van der Waals surface area contributed by atoms with Gasteiger partial charge in [0, 0.05) is 92.0 Å². The van der Waals surface area contributed by atoms with Gasteiger partial charge in [0.25, 0.3) is 0 Å². The fourth-order valence-electron chi connectivity index (χ4n) is 3.47. The van der Waals surface area contributed by atoms with Gasteiger partial charge in [0.2, 0.25) is 22.4 Å². The molecular weight excluding hydrogens is 570 g/mol. The highest BCUT2D eigenvalue weighted by Gasteiger charge is 2.14. The van der Waals surface area contributed by atoms with Crippen LogP contribution in [0.5, 0.6) is 11.5 Å². The lowest BCUT2D eigenvalue weighted by Crippen LogP contribution is -2.28. The predicted molar refractivity (Wildman–Crippen MR) is 168 cm³/mol. The first kappa shape index (κ1) is 34.1. The smallest absolute Gasteiger partial charge is 0.226 e. The molecule has 2 aromatic rings. The van der Waals surface area contributed by atoms with E-state index in [4.69, 9.17) is 28.1 Å². The minimum atomic E-state index is -0.572. The van der Waals surface area contributed by atoms with Crippen molar-refractivity contribution in [2.24, 2.45) is 0 Å². The molecule has 0 aromatic carbocycles. The zero-order valence-electron chi connectivity index (χ0n) is 24.1. The number of aromatic hydroxyl groups is 2. The van der Waals surface area contributed by atoms with Crippen molar-refractivity contribution < 1.29 is 19.0 Å². The fourth-order valence-corrected chi connectivity index (χ4v) is 3.47. The summed E-state index contributed by atoms with van der Waals surface area (Å²) in [5.41, 5.74) is -1.14. The van der Waals surface area contributed by atoms with E-state index in [9.17, 15) is 19.8 Å². The van der Waals surface area contributed by atoms with Crippen LogP contribution in [0.25, 0.3) is 0 Å². The van der Waals surface area contributed by atoms with E-state index < -0.39 is 22.4 Å². The summed E-state index contributed by atoms with van der Waals surface area (Å²) in [6, 6.07) is 10.9. The molecule has 45 heavy (non-hydrogen) atoms. The molecule has 0 bridgehead atoms. The zero-order valence-corrected chi connectivity index (χ0v) is 24.1. The third-order valence-corrected chi connectivity index (χ3v) is 5.47. The van der Waals surface area contributed by atoms with Crippen molar-refractivity contribution in [1.82, 2.24) is 14.7 Å². The molecule has 0 atom stereocenters. The average Bonchev–Trinajstić information content (AvgIpc) is 3.03. The van der Waals surface area contributed by atoms with Crippen LogP contribution in [0.15, 0.2) is 43.1 Å². The molecule has 0 aliphatic heterocycles. The van der Waals surface area contributed by atoms with Gasteiger partial charge in [0.15, 0.2) is 11.5 Å². The molecule has 9 heteroatoms. The molecule has 0 fully saturated rings. The lowest BCUT2D eigenvalue weighted by molar-refractivity contribution is 0.281. The molecule has 0 unspecified atom stereocenters. The summed E-state index contributed by atoms with van der Waals surface area (Å²) in [5.74, 6) is 28.5. The fraction of sp³-hybridized carbons (Fsp3) is 0.222. The predicted octanol–water partition coefficient (Wildman–Crippen LogP) is 1.18. The summed E-state index contributed by atoms with van der Waals surface area (Å²) in [6.07, 6.45) is 18.9. The first-order valence-corrected chi connectivity index (χ1v) is 13.1. The Labute approximate surface area is 262 Å². The third kappa shape index (κ3) is 13.0. The van der Waals surface area contributed by atoms with Gasteiger partial charge in [-0.25, -0.2) is 0 Å². The van der Waals surface area contributed by atoms with Gasteiger partial charge < -0.3 is 33.7 Å². The number of hydrogen-bond acceptors (Lipinski definition) is 9. The van der Waals surface area contributed by atoms with Crippen LogP contribution in [-0.4, -0.2) is 51.1 Å². The van der Waals surface area contributed by atoms with E-state index in [1.165, 1.54) is 12.5 Å². The summed E-state index contributed by atoms with van der Waals surface area (Å²) in [7, 11) is 0. The molecule has 2 N–H and O–H groups in total. The maximum Gasteiger partial charge on any atom is 0.226 e. The van der Waals surface area contributed by atoms with Crippen LogP contribution in [0.3, 0.4) is 0 Å². The highest BCUT2D eigenvalue weighted by Crippen LogP contribution is 2.15. The lowest BCUT2D eigenvalue weighted by atomic mass is 10.2. The number of hydrogen-bond donors (Lipinski definition) is 2. The Kier molecular flexibility index (Phi) is 15.1. The second-order valence-corrected chi connectivity index (χ2v) is 8.54. The maximum absolute atomic E-state index is 11.8. The van der Waals surface area contributed by atoms with Crippen LogP contribution < -0.4 is 10.9 Å². The molecular formula is C36H25N3O6. The Bertz CT molecular complexity index is 1860. The van der Waals surface area contributed by atoms with E-state index in [1.54, 1.807) is 9.80 Å². The van der Waals surface area contributed by atoms with E-state index in [2.05, 4.69) is 89.2 Å². The Morgan fingerprint density at radius 2 is 0.911 bits per heavy atom. The van der Waals surface area contributed by atoms with Gasteiger partial charge in [-0.2, -0.15) is 0 Å². The monoisotopic (exact) mass is 595 g/mol. The van der Waals surface area contributed by atoms with Crippen molar-refractivity contribution in [2.75, 3.05) is 26.2 Å². The van der Waals surface area contributed by atoms with E-state index in [0.29, 0.717) is 39.0 Å². The first-order chi connectivity index (χ1) is 21.9. The highest BCUT2D eigenvalue weighted by molar-refractivity contribution is 5.35. The Balaban J connectivity index is 2.16. The normalized spacial score (nSPS) is 8.38. The van der Waals surface area contributed by atoms with Crippen LogP contribution in [0.4, 0.5) is 0 Å². The van der Waals surface area contributed by atoms with Gasteiger partial charge in [-0.1, -0.05) is 0 Å². The van der Waals surface area contributed by atoms with Crippen LogP contribution in [0, 0.1) is 108 Å². The summed E-state index contributed by atoms with van der Waals surface area (Å²) in [5, 5.41) is 20.2. The highest BCUT2D eigenvalue weighted by atomic mass is 16.4. The average molecular weight is 596 g/mol. The maximum atomic E-state index is 11.8. The minimum Gasteiger partial charge on any atom is -0.502 e. The van der Waals surface area contributed by atoms with Crippen LogP contribution in [-0.2, 0) is 13.1 Å². The zero-order chi connectivity index (χ0) is 32.7. The van der Waals surface area contributed by atoms with Crippen molar-refractivity contribution in [3.05, 3.63) is 56.6 Å². The van der Waals surface area contributed by atoms with Gasteiger partial charge in [-0.3, -0.25) is 9.59 Å². The largest absolute Gasteiger partial charge is 0.502 e. The van der Waals surface area contributed by atoms with Gasteiger partial charge in [-0.05, 0) is 48.4 Å². The summed E-state index contributed by atoms with van der Waals surface area (Å²) < 4.78 is 10.6. The molecule has 2 heterocycles. The molecule has 0 aliphatic rings. The summed E-state index contributed by atoms with van der Waals surface area (Å²) in [4.78, 5) is 28.7. The Hall–Kier alpha value is -7.06. The second kappa shape index (κ2) is 19.9. The Morgan fingerprint density at radius 1 is 0.556 bits per heavy atom. The number of terminal acetylenes is 3. The van der Waals surface area contributed by atoms with Gasteiger partial charge in [0.05, 0.1) is 25.6 Å². The third-order valence-electron chi connectivity index (χ3n) is 5.47. The van der Waals surface area contributed by atoms with E-state index in [-0.39, 0.29) is 24.6 Å². The van der Waals surface area contributed by atoms with Gasteiger partial charge in [-0.15, -0.1) is 19.3 Å². The van der Waals surface area contributed by atoms with E-state index in [0.717, 1.165) is 12.1 Å². The molecule has 0 spiro atoms. The van der Waals surface area contributed by atoms with Crippen LogP contribution in [0.1, 0.15) is 24.4 Å². The first-order valence-electron chi connectivity index (χ1n) is 13.1. The number of rotatable bonds is 12. The molecule has 2 aromatic heterocycles. The van der Waals surface area contributed by atoms with Crippen molar-refractivity contribution >= 4 is 0 Å². The van der Waals surface area contributed by atoms with Crippen molar-refractivity contribution in [3.8, 4) is 120 Å². The van der Waals surface area contributed by atoms with Crippen molar-refractivity contribution in [3.63, 3.8) is 0 Å². The van der Waals surface area contributed by atoms with Gasteiger partial charge in [0.1, 0.15) is 0 Å². The summed E-state index contributed by atoms with van der Waals surface area (Å²) >= 11 is 0. The Morgan fingerprint density at radius 3 is 1.29 bits per heavy atom. The molecule has 2 rings (SSSR count). The van der Waals surface area contributed by atoms with Crippen LogP contribution in [0.2, 0.25) is 0 Å². The van der Waals surface area contributed by atoms with Crippen LogP contribution >= 0.6 is 0 Å². The molecule has 0 aliphatic carbocycles. The lowest BCUT2D eigenvalue weighted by Gasteiger charge is -2.22. The molecule has 9 nitrogen and oxygen atoms in total. The topological polar surface area (TPSA) is 111 Å². The molecule has 0 saturated carbocycles. The quantitative estimate of drug-likeness (QED) is 0.276. The second-order valence-electron chi connectivity index (χ2n) is 8.54. The SMILES string of the molecule is C#CC#CC#CN(CCCN(C#CC#CC#C)Cc1occc(=O)c1O)CCCN(C#CC#CC#C)Cc1occc(=O)c1O. The van der Waals surface area contributed by atoms with Crippen molar-refractivity contribution in [1.29, 1.82) is 0 Å². The van der Waals surface area contributed by atoms with E-state index >= 15 is 0 Å². The summed E-state index contributed by atoms with van der Waals surface area (Å²) in [6.45, 7) is 1.74. The molecule has 0 saturated heterocycles. The van der Waals surface area contributed by atoms with Gasteiger partial charge >= 0.3 is 0 Å².